The van der Waals surface area contributed by atoms with Crippen LogP contribution in [0.5, 0.6) is 0 Å². The molecule has 0 spiro atoms. The maximum atomic E-state index is 12.1. The van der Waals surface area contributed by atoms with Crippen LogP contribution in [0.15, 0.2) is 42.5 Å². The standard InChI is InChI=1S/C15H13Cl2NO/c1-10-2-7-13(17)8-14(10)18-15(19)12-5-3-11(9-16)4-6-12/h2-8H,9H2,1H3,(H,18,19). The minimum Gasteiger partial charge on any atom is -0.322 e. The number of amides is 1. The number of carbonyl (C=O) groups excluding carboxylic acids is 1. The Bertz CT molecular complexity index is 594. The average molecular weight is 294 g/mol. The van der Waals surface area contributed by atoms with Gasteiger partial charge in [0.25, 0.3) is 5.91 Å². The minimum atomic E-state index is -0.161. The van der Waals surface area contributed by atoms with Gasteiger partial charge in [0.05, 0.1) is 0 Å². The summed E-state index contributed by atoms with van der Waals surface area (Å²) < 4.78 is 0. The van der Waals surface area contributed by atoms with Gasteiger partial charge in [-0.15, -0.1) is 11.6 Å². The van der Waals surface area contributed by atoms with Crippen molar-refractivity contribution < 1.29 is 4.79 Å². The van der Waals surface area contributed by atoms with Crippen LogP contribution in [0, 0.1) is 6.92 Å². The fourth-order valence-electron chi connectivity index (χ4n) is 1.67. The molecule has 2 aromatic carbocycles. The first-order valence-corrected chi connectivity index (χ1v) is 6.74. The summed E-state index contributed by atoms with van der Waals surface area (Å²) >= 11 is 11.6. The first-order chi connectivity index (χ1) is 9.10. The lowest BCUT2D eigenvalue weighted by Gasteiger charge is -2.09. The van der Waals surface area contributed by atoms with Crippen LogP contribution >= 0.6 is 23.2 Å². The van der Waals surface area contributed by atoms with Crippen molar-refractivity contribution in [2.75, 3.05) is 5.32 Å². The monoisotopic (exact) mass is 293 g/mol. The SMILES string of the molecule is Cc1ccc(Cl)cc1NC(=O)c1ccc(CCl)cc1. The van der Waals surface area contributed by atoms with E-state index >= 15 is 0 Å². The molecule has 0 aliphatic carbocycles. The van der Waals surface area contributed by atoms with Gasteiger partial charge in [0, 0.05) is 22.2 Å². The summed E-state index contributed by atoms with van der Waals surface area (Å²) in [6, 6.07) is 12.6. The van der Waals surface area contributed by atoms with Gasteiger partial charge in [-0.25, -0.2) is 0 Å². The molecular formula is C15H13Cl2NO. The smallest absolute Gasteiger partial charge is 0.255 e. The van der Waals surface area contributed by atoms with Crippen molar-refractivity contribution in [1.29, 1.82) is 0 Å². The van der Waals surface area contributed by atoms with E-state index in [9.17, 15) is 4.79 Å². The summed E-state index contributed by atoms with van der Waals surface area (Å²) in [6.07, 6.45) is 0. The van der Waals surface area contributed by atoms with Crippen molar-refractivity contribution in [3.8, 4) is 0 Å². The minimum absolute atomic E-state index is 0.161. The van der Waals surface area contributed by atoms with Crippen LogP contribution in [0.25, 0.3) is 0 Å². The van der Waals surface area contributed by atoms with Gasteiger partial charge in [-0.2, -0.15) is 0 Å². The zero-order valence-corrected chi connectivity index (χ0v) is 11.9. The highest BCUT2D eigenvalue weighted by molar-refractivity contribution is 6.31. The highest BCUT2D eigenvalue weighted by Crippen LogP contribution is 2.21. The van der Waals surface area contributed by atoms with Gasteiger partial charge in [-0.1, -0.05) is 29.8 Å². The van der Waals surface area contributed by atoms with Crippen LogP contribution in [0.1, 0.15) is 21.5 Å². The Balaban J connectivity index is 2.18. The van der Waals surface area contributed by atoms with E-state index in [1.807, 2.05) is 25.1 Å². The van der Waals surface area contributed by atoms with Crippen LogP contribution in [-0.4, -0.2) is 5.91 Å². The number of anilines is 1. The molecule has 2 nitrogen and oxygen atoms in total. The molecule has 0 heterocycles. The predicted octanol–water partition coefficient (Wildman–Crippen LogP) is 4.64. The van der Waals surface area contributed by atoms with Crippen molar-refractivity contribution in [2.45, 2.75) is 12.8 Å². The van der Waals surface area contributed by atoms with Crippen molar-refractivity contribution >= 4 is 34.8 Å². The summed E-state index contributed by atoms with van der Waals surface area (Å²) in [6.45, 7) is 1.92. The van der Waals surface area contributed by atoms with Gasteiger partial charge in [-0.3, -0.25) is 4.79 Å². The fourth-order valence-corrected chi connectivity index (χ4v) is 2.02. The molecule has 1 N–H and O–H groups in total. The van der Waals surface area contributed by atoms with Gasteiger partial charge >= 0.3 is 0 Å². The molecule has 19 heavy (non-hydrogen) atoms. The molecule has 0 atom stereocenters. The lowest BCUT2D eigenvalue weighted by Crippen LogP contribution is -2.12. The number of aryl methyl sites for hydroxylation is 1. The number of hydrogen-bond acceptors (Lipinski definition) is 1. The predicted molar refractivity (Wildman–Crippen MR) is 80.1 cm³/mol. The topological polar surface area (TPSA) is 29.1 Å². The van der Waals surface area contributed by atoms with Crippen molar-refractivity contribution in [2.24, 2.45) is 0 Å². The van der Waals surface area contributed by atoms with Crippen LogP contribution in [0.3, 0.4) is 0 Å². The van der Waals surface area contributed by atoms with E-state index in [-0.39, 0.29) is 5.91 Å². The molecular weight excluding hydrogens is 281 g/mol. The Hall–Kier alpha value is -1.51. The van der Waals surface area contributed by atoms with E-state index in [1.165, 1.54) is 0 Å². The molecule has 0 radical (unpaired) electrons. The normalized spacial score (nSPS) is 10.3. The largest absolute Gasteiger partial charge is 0.322 e. The van der Waals surface area contributed by atoms with Crippen LogP contribution in [-0.2, 0) is 5.88 Å². The quantitative estimate of drug-likeness (QED) is 0.821. The number of benzene rings is 2. The molecule has 0 unspecified atom stereocenters. The Morgan fingerprint density at radius 3 is 2.47 bits per heavy atom. The molecule has 0 fully saturated rings. The number of hydrogen-bond donors (Lipinski definition) is 1. The molecule has 2 rings (SSSR count). The molecule has 4 heteroatoms. The molecule has 0 saturated carbocycles. The third-order valence-corrected chi connectivity index (χ3v) is 3.36. The van der Waals surface area contributed by atoms with E-state index < -0.39 is 0 Å². The third-order valence-electron chi connectivity index (χ3n) is 2.82. The summed E-state index contributed by atoms with van der Waals surface area (Å²) in [7, 11) is 0. The lowest BCUT2D eigenvalue weighted by atomic mass is 10.1. The fraction of sp³-hybridized carbons (Fsp3) is 0.133. The summed E-state index contributed by atoms with van der Waals surface area (Å²) in [4.78, 5) is 12.1. The number of carbonyl (C=O) groups is 1. The molecule has 0 saturated heterocycles. The lowest BCUT2D eigenvalue weighted by molar-refractivity contribution is 0.102. The molecule has 0 aliphatic heterocycles. The highest BCUT2D eigenvalue weighted by Gasteiger charge is 2.08. The summed E-state index contributed by atoms with van der Waals surface area (Å²) in [5.74, 6) is 0.279. The molecule has 0 bridgehead atoms. The second kappa shape index (κ2) is 6.09. The van der Waals surface area contributed by atoms with Crippen LogP contribution in [0.2, 0.25) is 5.02 Å². The van der Waals surface area contributed by atoms with E-state index in [0.29, 0.717) is 16.5 Å². The Labute approximate surface area is 122 Å². The average Bonchev–Trinajstić information content (AvgIpc) is 2.43. The van der Waals surface area contributed by atoms with E-state index in [2.05, 4.69) is 5.32 Å². The van der Waals surface area contributed by atoms with Crippen LogP contribution < -0.4 is 5.32 Å². The van der Waals surface area contributed by atoms with E-state index in [0.717, 1.165) is 16.8 Å². The second-order valence-corrected chi connectivity index (χ2v) is 4.95. The zero-order valence-electron chi connectivity index (χ0n) is 10.4. The number of nitrogens with one attached hydrogen (secondary N) is 1. The Kier molecular flexibility index (Phi) is 4.46. The maximum Gasteiger partial charge on any atom is 0.255 e. The molecule has 0 aliphatic rings. The van der Waals surface area contributed by atoms with Crippen LogP contribution in [0.4, 0.5) is 5.69 Å². The summed E-state index contributed by atoms with van der Waals surface area (Å²) in [5.41, 5.74) is 3.26. The van der Waals surface area contributed by atoms with Crippen molar-refractivity contribution in [3.05, 3.63) is 64.2 Å². The van der Waals surface area contributed by atoms with E-state index in [4.69, 9.17) is 23.2 Å². The first kappa shape index (κ1) is 13.9. The zero-order chi connectivity index (χ0) is 13.8. The summed E-state index contributed by atoms with van der Waals surface area (Å²) in [5, 5.41) is 3.44. The van der Waals surface area contributed by atoms with Gasteiger partial charge in [0.1, 0.15) is 0 Å². The Morgan fingerprint density at radius 1 is 1.16 bits per heavy atom. The molecule has 1 amide bonds. The number of alkyl halides is 1. The number of rotatable bonds is 3. The van der Waals surface area contributed by atoms with Gasteiger partial charge in [-0.05, 0) is 42.3 Å². The van der Waals surface area contributed by atoms with Gasteiger partial charge in [0.15, 0.2) is 0 Å². The maximum absolute atomic E-state index is 12.1. The van der Waals surface area contributed by atoms with E-state index in [1.54, 1.807) is 24.3 Å². The van der Waals surface area contributed by atoms with Crippen molar-refractivity contribution in [1.82, 2.24) is 0 Å². The van der Waals surface area contributed by atoms with Gasteiger partial charge < -0.3 is 5.32 Å². The third kappa shape index (κ3) is 3.49. The highest BCUT2D eigenvalue weighted by atomic mass is 35.5. The Morgan fingerprint density at radius 2 is 1.84 bits per heavy atom. The molecule has 2 aromatic rings. The molecule has 0 aromatic heterocycles. The van der Waals surface area contributed by atoms with Gasteiger partial charge in [0.2, 0.25) is 0 Å². The van der Waals surface area contributed by atoms with Crippen molar-refractivity contribution in [3.63, 3.8) is 0 Å². The molecule has 98 valence electrons. The first-order valence-electron chi connectivity index (χ1n) is 5.82. The number of halogens is 2. The second-order valence-electron chi connectivity index (χ2n) is 4.24.